The number of hydrogen-bond donors (Lipinski definition) is 1. The predicted octanol–water partition coefficient (Wildman–Crippen LogP) is 2.85. The molecule has 2 rings (SSSR count). The van der Waals surface area contributed by atoms with Crippen LogP contribution in [-0.4, -0.2) is 44.1 Å². The van der Waals surface area contributed by atoms with Gasteiger partial charge in [0.1, 0.15) is 5.75 Å². The van der Waals surface area contributed by atoms with Crippen LogP contribution in [0.4, 0.5) is 17.1 Å². The van der Waals surface area contributed by atoms with Crippen LogP contribution in [0.1, 0.15) is 17.3 Å². The van der Waals surface area contributed by atoms with Gasteiger partial charge in [-0.2, -0.15) is 0 Å². The number of ether oxygens (including phenoxy) is 2. The smallest absolute Gasteiger partial charge is 0.338 e. The second-order valence-corrected chi connectivity index (χ2v) is 6.12. The molecule has 0 fully saturated rings. The number of rotatable bonds is 7. The molecule has 0 saturated carbocycles. The lowest BCUT2D eigenvalue weighted by atomic mass is 10.2. The third kappa shape index (κ3) is 4.97. The summed E-state index contributed by atoms with van der Waals surface area (Å²) >= 11 is 0. The number of nitro groups is 1. The number of carbonyl (C=O) groups is 2. The summed E-state index contributed by atoms with van der Waals surface area (Å²) in [5, 5.41) is 13.4. The highest BCUT2D eigenvalue weighted by molar-refractivity contribution is 5.98. The van der Waals surface area contributed by atoms with Crippen LogP contribution < -0.4 is 15.0 Å². The van der Waals surface area contributed by atoms with Crippen LogP contribution in [0.15, 0.2) is 42.5 Å². The highest BCUT2D eigenvalue weighted by Crippen LogP contribution is 2.29. The average molecular weight is 387 g/mol. The Labute approximate surface area is 162 Å². The van der Waals surface area contributed by atoms with Gasteiger partial charge < -0.3 is 19.7 Å². The number of nitro benzene ring substituents is 1. The Hall–Kier alpha value is -3.62. The van der Waals surface area contributed by atoms with E-state index in [2.05, 4.69) is 5.32 Å². The number of nitrogens with one attached hydrogen (secondary N) is 1. The molecule has 148 valence electrons. The summed E-state index contributed by atoms with van der Waals surface area (Å²) in [6.07, 6.45) is -1.08. The molecule has 1 atom stereocenters. The van der Waals surface area contributed by atoms with Gasteiger partial charge in [-0.15, -0.1) is 0 Å². The first kappa shape index (κ1) is 20.7. The van der Waals surface area contributed by atoms with Crippen molar-refractivity contribution in [3.8, 4) is 5.75 Å². The zero-order chi connectivity index (χ0) is 20.8. The third-order valence-corrected chi connectivity index (χ3v) is 3.93. The fraction of sp³-hybridized carbons (Fsp3) is 0.263. The van der Waals surface area contributed by atoms with E-state index >= 15 is 0 Å². The van der Waals surface area contributed by atoms with Gasteiger partial charge in [0.15, 0.2) is 6.10 Å². The first-order chi connectivity index (χ1) is 13.2. The Bertz CT molecular complexity index is 880. The molecule has 0 aliphatic carbocycles. The number of benzene rings is 2. The van der Waals surface area contributed by atoms with Gasteiger partial charge in [-0.1, -0.05) is 0 Å². The maximum absolute atomic E-state index is 12.3. The molecule has 0 saturated heterocycles. The second kappa shape index (κ2) is 8.85. The molecule has 1 amide bonds. The molecule has 2 aromatic carbocycles. The summed E-state index contributed by atoms with van der Waals surface area (Å²) in [6.45, 7) is 1.43. The number of amides is 1. The SMILES string of the molecule is COc1cc([N+](=O)[O-])ccc1NC(=O)[C@H](C)OC(=O)c1ccc(N(C)C)cc1. The Morgan fingerprint density at radius 1 is 1.14 bits per heavy atom. The zero-order valence-corrected chi connectivity index (χ0v) is 16.0. The Morgan fingerprint density at radius 2 is 1.79 bits per heavy atom. The summed E-state index contributed by atoms with van der Waals surface area (Å²) in [5.41, 5.74) is 1.30. The first-order valence-corrected chi connectivity index (χ1v) is 8.34. The van der Waals surface area contributed by atoms with E-state index in [0.717, 1.165) is 5.69 Å². The molecule has 9 heteroatoms. The fourth-order valence-electron chi connectivity index (χ4n) is 2.31. The maximum atomic E-state index is 12.3. The molecule has 0 spiro atoms. The van der Waals surface area contributed by atoms with Crippen molar-refractivity contribution < 1.29 is 24.0 Å². The third-order valence-electron chi connectivity index (χ3n) is 3.93. The predicted molar refractivity (Wildman–Crippen MR) is 104 cm³/mol. The molecular weight excluding hydrogens is 366 g/mol. The van der Waals surface area contributed by atoms with Crippen LogP contribution in [0.3, 0.4) is 0 Å². The van der Waals surface area contributed by atoms with E-state index in [-0.39, 0.29) is 17.1 Å². The fourth-order valence-corrected chi connectivity index (χ4v) is 2.31. The summed E-state index contributed by atoms with van der Waals surface area (Å²) in [4.78, 5) is 36.7. The van der Waals surface area contributed by atoms with E-state index in [1.165, 1.54) is 32.2 Å². The molecule has 2 aromatic rings. The molecule has 0 aliphatic rings. The van der Waals surface area contributed by atoms with Crippen LogP contribution in [0.5, 0.6) is 5.75 Å². The van der Waals surface area contributed by atoms with Gasteiger partial charge in [-0.25, -0.2) is 4.79 Å². The van der Waals surface area contributed by atoms with Gasteiger partial charge in [-0.05, 0) is 37.3 Å². The summed E-state index contributed by atoms with van der Waals surface area (Å²) < 4.78 is 10.3. The molecule has 9 nitrogen and oxygen atoms in total. The number of nitrogens with zero attached hydrogens (tertiary/aromatic N) is 2. The van der Waals surface area contributed by atoms with Crippen LogP contribution in [0.2, 0.25) is 0 Å². The lowest BCUT2D eigenvalue weighted by Gasteiger charge is -2.16. The average Bonchev–Trinajstić information content (AvgIpc) is 2.67. The van der Waals surface area contributed by atoms with E-state index in [9.17, 15) is 19.7 Å². The molecular formula is C19H21N3O6. The number of esters is 1. The maximum Gasteiger partial charge on any atom is 0.338 e. The molecule has 1 N–H and O–H groups in total. The van der Waals surface area contributed by atoms with Crippen molar-refractivity contribution >= 4 is 28.9 Å². The van der Waals surface area contributed by atoms with Crippen molar-refractivity contribution in [1.29, 1.82) is 0 Å². The van der Waals surface area contributed by atoms with Crippen molar-refractivity contribution in [2.45, 2.75) is 13.0 Å². The van der Waals surface area contributed by atoms with Crippen molar-refractivity contribution in [3.05, 3.63) is 58.1 Å². The molecule has 0 radical (unpaired) electrons. The van der Waals surface area contributed by atoms with Gasteiger partial charge in [0.2, 0.25) is 0 Å². The molecule has 0 heterocycles. The summed E-state index contributed by atoms with van der Waals surface area (Å²) in [6, 6.07) is 10.5. The number of carbonyl (C=O) groups excluding carboxylic acids is 2. The van der Waals surface area contributed by atoms with Crippen LogP contribution >= 0.6 is 0 Å². The minimum atomic E-state index is -1.08. The molecule has 0 bridgehead atoms. The van der Waals surface area contributed by atoms with Crippen molar-refractivity contribution in [1.82, 2.24) is 0 Å². The van der Waals surface area contributed by atoms with Crippen LogP contribution in [0.25, 0.3) is 0 Å². The highest BCUT2D eigenvalue weighted by atomic mass is 16.6. The van der Waals surface area contributed by atoms with E-state index in [1.54, 1.807) is 24.3 Å². The Morgan fingerprint density at radius 3 is 2.32 bits per heavy atom. The van der Waals surface area contributed by atoms with Gasteiger partial charge in [0.25, 0.3) is 11.6 Å². The second-order valence-electron chi connectivity index (χ2n) is 6.12. The monoisotopic (exact) mass is 387 g/mol. The van der Waals surface area contributed by atoms with Crippen molar-refractivity contribution in [2.75, 3.05) is 31.4 Å². The Kier molecular flexibility index (Phi) is 6.54. The number of anilines is 2. The zero-order valence-electron chi connectivity index (χ0n) is 16.0. The first-order valence-electron chi connectivity index (χ1n) is 8.34. The standard InChI is InChI=1S/C19H21N3O6/c1-12(28-19(24)13-5-7-14(8-6-13)21(2)3)18(23)20-16-10-9-15(22(25)26)11-17(16)27-4/h5-12H,1-4H3,(H,20,23)/t12-/m0/s1. The topological polar surface area (TPSA) is 111 Å². The van der Waals surface area contributed by atoms with E-state index < -0.39 is 22.9 Å². The lowest BCUT2D eigenvalue weighted by Crippen LogP contribution is -2.30. The molecule has 28 heavy (non-hydrogen) atoms. The quantitative estimate of drug-likeness (QED) is 0.442. The van der Waals surface area contributed by atoms with Crippen LogP contribution in [0, 0.1) is 10.1 Å². The Balaban J connectivity index is 2.04. The highest BCUT2D eigenvalue weighted by Gasteiger charge is 2.21. The summed E-state index contributed by atoms with van der Waals surface area (Å²) in [7, 11) is 5.09. The van der Waals surface area contributed by atoms with Gasteiger partial charge in [0, 0.05) is 25.8 Å². The minimum Gasteiger partial charge on any atom is -0.494 e. The minimum absolute atomic E-state index is 0.125. The number of methoxy groups -OCH3 is 1. The van der Waals surface area contributed by atoms with Gasteiger partial charge >= 0.3 is 5.97 Å². The van der Waals surface area contributed by atoms with E-state index in [1.807, 2.05) is 19.0 Å². The van der Waals surface area contributed by atoms with Gasteiger partial charge in [-0.3, -0.25) is 14.9 Å². The summed E-state index contributed by atoms with van der Waals surface area (Å²) in [5.74, 6) is -1.10. The number of hydrogen-bond acceptors (Lipinski definition) is 7. The number of non-ortho nitro benzene ring substituents is 1. The molecule has 0 aliphatic heterocycles. The largest absolute Gasteiger partial charge is 0.494 e. The molecule has 0 unspecified atom stereocenters. The van der Waals surface area contributed by atoms with Crippen LogP contribution in [-0.2, 0) is 9.53 Å². The van der Waals surface area contributed by atoms with E-state index in [4.69, 9.17) is 9.47 Å². The van der Waals surface area contributed by atoms with Crippen molar-refractivity contribution in [3.63, 3.8) is 0 Å². The van der Waals surface area contributed by atoms with Crippen molar-refractivity contribution in [2.24, 2.45) is 0 Å². The lowest BCUT2D eigenvalue weighted by molar-refractivity contribution is -0.384. The normalized spacial score (nSPS) is 11.3. The molecule has 0 aromatic heterocycles. The van der Waals surface area contributed by atoms with Gasteiger partial charge in [0.05, 0.1) is 29.4 Å². The van der Waals surface area contributed by atoms with E-state index in [0.29, 0.717) is 5.56 Å².